The van der Waals surface area contributed by atoms with Crippen molar-refractivity contribution in [3.63, 3.8) is 0 Å². The van der Waals surface area contributed by atoms with Gasteiger partial charge < -0.3 is 16.2 Å². The Kier molecular flexibility index (Phi) is 4.28. The molecule has 5 N–H and O–H groups in total. The number of benzene rings is 2. The van der Waals surface area contributed by atoms with Crippen molar-refractivity contribution in [2.45, 2.75) is 13.0 Å². The lowest BCUT2D eigenvalue weighted by molar-refractivity contribution is 0.100. The van der Waals surface area contributed by atoms with Crippen LogP contribution < -0.4 is 16.2 Å². The van der Waals surface area contributed by atoms with Gasteiger partial charge in [-0.2, -0.15) is 10.2 Å². The van der Waals surface area contributed by atoms with E-state index in [-0.39, 0.29) is 11.9 Å². The number of nitrogens with one attached hydrogen (secondary N) is 1. The normalized spacial score (nSPS) is 12.3. The summed E-state index contributed by atoms with van der Waals surface area (Å²) in [6.07, 6.45) is 4.97. The second-order valence-corrected chi connectivity index (χ2v) is 7.22. The fraction of sp³-hybridized carbons (Fsp3) is 0.0909. The number of carbonyl (C=O) groups excluding carboxylic acids is 1. The molecule has 0 aliphatic heterocycles. The van der Waals surface area contributed by atoms with Gasteiger partial charge in [-0.25, -0.2) is 9.67 Å². The lowest BCUT2D eigenvalue weighted by Gasteiger charge is -2.20. The summed E-state index contributed by atoms with van der Waals surface area (Å²) in [6, 6.07) is 12.6. The third-order valence-corrected chi connectivity index (χ3v) is 5.17. The third kappa shape index (κ3) is 3.31. The van der Waals surface area contributed by atoms with E-state index in [4.69, 9.17) is 16.2 Å². The Hall–Kier alpha value is -4.40. The molecule has 0 bridgehead atoms. The first kappa shape index (κ1) is 18.6. The number of ether oxygens (including phenoxy) is 1. The molecule has 0 spiro atoms. The molecular weight excluding hydrogens is 394 g/mol. The van der Waals surface area contributed by atoms with Gasteiger partial charge in [0, 0.05) is 34.3 Å². The lowest BCUT2D eigenvalue weighted by atomic mass is 10.1. The number of aromatic nitrogens is 5. The molecule has 0 aliphatic carbocycles. The molecule has 5 rings (SSSR count). The van der Waals surface area contributed by atoms with Gasteiger partial charge in [0.05, 0.1) is 22.9 Å². The number of H-pyrrole nitrogens is 1. The highest BCUT2D eigenvalue weighted by atomic mass is 16.5. The molecule has 0 radical (unpaired) electrons. The first-order valence-corrected chi connectivity index (χ1v) is 9.63. The van der Waals surface area contributed by atoms with Gasteiger partial charge in [0.2, 0.25) is 5.91 Å². The van der Waals surface area contributed by atoms with Gasteiger partial charge in [0.25, 0.3) is 0 Å². The topological polar surface area (TPSA) is 138 Å². The Bertz CT molecular complexity index is 1420. The van der Waals surface area contributed by atoms with E-state index in [1.165, 1.54) is 0 Å². The van der Waals surface area contributed by atoms with Crippen molar-refractivity contribution in [1.82, 2.24) is 25.0 Å². The van der Waals surface area contributed by atoms with Crippen molar-refractivity contribution in [3.05, 3.63) is 72.2 Å². The van der Waals surface area contributed by atoms with Gasteiger partial charge in [0.15, 0.2) is 11.6 Å². The van der Waals surface area contributed by atoms with Crippen LogP contribution in [-0.2, 0) is 0 Å². The number of hydrogen-bond acceptors (Lipinski definition) is 6. The second kappa shape index (κ2) is 7.13. The highest BCUT2D eigenvalue weighted by Gasteiger charge is 2.18. The number of amides is 1. The summed E-state index contributed by atoms with van der Waals surface area (Å²) in [5.74, 6) is 0.165. The third-order valence-electron chi connectivity index (χ3n) is 5.17. The molecule has 31 heavy (non-hydrogen) atoms. The fourth-order valence-electron chi connectivity index (χ4n) is 3.61. The van der Waals surface area contributed by atoms with Crippen LogP contribution >= 0.6 is 0 Å². The summed E-state index contributed by atoms with van der Waals surface area (Å²) in [7, 11) is 0. The molecule has 0 aliphatic rings. The molecule has 5 aromatic rings. The van der Waals surface area contributed by atoms with E-state index in [0.29, 0.717) is 22.2 Å². The Morgan fingerprint density at radius 1 is 1.19 bits per heavy atom. The summed E-state index contributed by atoms with van der Waals surface area (Å²) >= 11 is 0. The predicted octanol–water partition coefficient (Wildman–Crippen LogP) is 3.12. The van der Waals surface area contributed by atoms with Gasteiger partial charge in [0.1, 0.15) is 6.10 Å². The standard InChI is InChI=1S/C22H19N7O2/c1-12(16-10-18-15(11-25-28-18)8-19(16)29-6-2-5-26-29)31-20-9-14-7-13(22(24)30)3-4-17(14)27-21(20)23/h2-12H,1H3,(H2,23,27)(H2,24,30)(H,25,28). The van der Waals surface area contributed by atoms with Crippen LogP contribution in [0.25, 0.3) is 27.5 Å². The van der Waals surface area contributed by atoms with E-state index in [1.54, 1.807) is 41.3 Å². The van der Waals surface area contributed by atoms with E-state index in [2.05, 4.69) is 20.3 Å². The van der Waals surface area contributed by atoms with E-state index in [9.17, 15) is 4.79 Å². The van der Waals surface area contributed by atoms with Crippen molar-refractivity contribution < 1.29 is 9.53 Å². The van der Waals surface area contributed by atoms with Crippen molar-refractivity contribution in [3.8, 4) is 11.4 Å². The zero-order chi connectivity index (χ0) is 21.5. The number of carbonyl (C=O) groups is 1. The van der Waals surface area contributed by atoms with Crippen LogP contribution in [0.15, 0.2) is 61.1 Å². The van der Waals surface area contributed by atoms with Gasteiger partial charge in [-0.05, 0) is 49.4 Å². The number of hydrogen-bond donors (Lipinski definition) is 3. The number of pyridine rings is 1. The quantitative estimate of drug-likeness (QED) is 0.405. The first-order chi connectivity index (χ1) is 15.0. The predicted molar refractivity (Wildman–Crippen MR) is 117 cm³/mol. The highest BCUT2D eigenvalue weighted by Crippen LogP contribution is 2.33. The molecular formula is C22H19N7O2. The molecule has 3 heterocycles. The zero-order valence-corrected chi connectivity index (χ0v) is 16.6. The summed E-state index contributed by atoms with van der Waals surface area (Å²) in [4.78, 5) is 15.9. The zero-order valence-electron chi connectivity index (χ0n) is 16.6. The highest BCUT2D eigenvalue weighted by molar-refractivity contribution is 5.97. The van der Waals surface area contributed by atoms with Gasteiger partial charge >= 0.3 is 0 Å². The molecule has 9 heteroatoms. The Morgan fingerprint density at radius 3 is 2.84 bits per heavy atom. The minimum Gasteiger partial charge on any atom is -0.482 e. The number of nitrogens with two attached hydrogens (primary N) is 2. The van der Waals surface area contributed by atoms with Crippen molar-refractivity contribution >= 4 is 33.5 Å². The monoisotopic (exact) mass is 413 g/mol. The number of anilines is 1. The molecule has 3 aromatic heterocycles. The van der Waals surface area contributed by atoms with E-state index < -0.39 is 5.91 Å². The average Bonchev–Trinajstić information content (AvgIpc) is 3.44. The molecule has 1 atom stereocenters. The molecule has 1 unspecified atom stereocenters. The van der Waals surface area contributed by atoms with Crippen LogP contribution in [0.1, 0.15) is 28.9 Å². The van der Waals surface area contributed by atoms with Crippen LogP contribution in [0, 0.1) is 0 Å². The maximum absolute atomic E-state index is 11.5. The Balaban J connectivity index is 1.57. The minimum atomic E-state index is -0.508. The van der Waals surface area contributed by atoms with Crippen LogP contribution in [-0.4, -0.2) is 30.9 Å². The number of nitrogen functional groups attached to an aromatic ring is 1. The maximum Gasteiger partial charge on any atom is 0.248 e. The summed E-state index contributed by atoms with van der Waals surface area (Å²) in [5.41, 5.74) is 15.2. The number of fused-ring (bicyclic) bond motifs is 2. The SMILES string of the molecule is CC(Oc1cc2cc(C(N)=O)ccc2nc1N)c1cc2[nH]ncc2cc1-n1cccn1. The lowest BCUT2D eigenvalue weighted by Crippen LogP contribution is -2.11. The molecule has 2 aromatic carbocycles. The van der Waals surface area contributed by atoms with E-state index in [1.807, 2.05) is 31.3 Å². The molecule has 0 saturated carbocycles. The van der Waals surface area contributed by atoms with Crippen LogP contribution in [0.2, 0.25) is 0 Å². The fourth-order valence-corrected chi connectivity index (χ4v) is 3.61. The maximum atomic E-state index is 11.5. The van der Waals surface area contributed by atoms with Crippen molar-refractivity contribution in [1.29, 1.82) is 0 Å². The average molecular weight is 413 g/mol. The summed E-state index contributed by atoms with van der Waals surface area (Å²) < 4.78 is 8.01. The molecule has 0 fully saturated rings. The van der Waals surface area contributed by atoms with Crippen molar-refractivity contribution in [2.24, 2.45) is 5.73 Å². The first-order valence-electron chi connectivity index (χ1n) is 9.63. The van der Waals surface area contributed by atoms with Gasteiger partial charge in [-0.15, -0.1) is 0 Å². The van der Waals surface area contributed by atoms with Crippen LogP contribution in [0.3, 0.4) is 0 Å². The molecule has 1 amide bonds. The Morgan fingerprint density at radius 2 is 2.06 bits per heavy atom. The smallest absolute Gasteiger partial charge is 0.248 e. The van der Waals surface area contributed by atoms with Crippen LogP contribution in [0.4, 0.5) is 5.82 Å². The molecule has 154 valence electrons. The van der Waals surface area contributed by atoms with Gasteiger partial charge in [-0.1, -0.05) is 0 Å². The van der Waals surface area contributed by atoms with Crippen molar-refractivity contribution in [2.75, 3.05) is 5.73 Å². The minimum absolute atomic E-state index is 0.259. The summed E-state index contributed by atoms with van der Waals surface area (Å²) in [5, 5.41) is 13.1. The molecule has 9 nitrogen and oxygen atoms in total. The molecule has 0 saturated heterocycles. The van der Waals surface area contributed by atoms with E-state index in [0.717, 1.165) is 22.2 Å². The van der Waals surface area contributed by atoms with E-state index >= 15 is 0 Å². The number of aromatic amines is 1. The Labute approximate surface area is 176 Å². The second-order valence-electron chi connectivity index (χ2n) is 7.22. The number of nitrogens with zero attached hydrogens (tertiary/aromatic N) is 4. The van der Waals surface area contributed by atoms with Crippen LogP contribution in [0.5, 0.6) is 5.75 Å². The van der Waals surface area contributed by atoms with Gasteiger partial charge in [-0.3, -0.25) is 9.89 Å². The summed E-state index contributed by atoms with van der Waals surface area (Å²) in [6.45, 7) is 1.92. The number of primary amides is 1. The number of rotatable bonds is 5. The largest absolute Gasteiger partial charge is 0.482 e.